The molecule has 2 N–H and O–H groups in total. The molecule has 1 fully saturated rings. The molecule has 3 rings (SSSR count). The first-order valence-corrected chi connectivity index (χ1v) is 6.78. The molecule has 0 radical (unpaired) electrons. The summed E-state index contributed by atoms with van der Waals surface area (Å²) < 4.78 is 14.2. The Kier molecular flexibility index (Phi) is 3.18. The lowest BCUT2D eigenvalue weighted by molar-refractivity contribution is 0.623. The predicted molar refractivity (Wildman–Crippen MR) is 71.7 cm³/mol. The van der Waals surface area contributed by atoms with Crippen molar-refractivity contribution in [2.75, 3.05) is 6.54 Å². The van der Waals surface area contributed by atoms with Gasteiger partial charge in [0, 0.05) is 5.56 Å². The van der Waals surface area contributed by atoms with E-state index in [9.17, 15) is 4.39 Å². The fraction of sp³-hybridized carbons (Fsp3) is 0.308. The Hall–Kier alpha value is -1.20. The molecule has 1 unspecified atom stereocenters. The lowest BCUT2D eigenvalue weighted by Crippen LogP contribution is -2.13. The predicted octanol–water partition coefficient (Wildman–Crippen LogP) is 3.40. The van der Waals surface area contributed by atoms with Crippen molar-refractivity contribution in [3.8, 4) is 11.3 Å². The summed E-state index contributed by atoms with van der Waals surface area (Å²) >= 11 is 3.57. The monoisotopic (exact) mass is 309 g/mol. The first-order valence-electron chi connectivity index (χ1n) is 5.99. The second kappa shape index (κ2) is 4.82. The van der Waals surface area contributed by atoms with Gasteiger partial charge in [-0.05, 0) is 47.4 Å². The van der Waals surface area contributed by atoms with Gasteiger partial charge in [0.05, 0.1) is 16.2 Å². The fourth-order valence-electron chi connectivity index (χ4n) is 2.33. The van der Waals surface area contributed by atoms with Crippen molar-refractivity contribution >= 4 is 15.9 Å². The summed E-state index contributed by atoms with van der Waals surface area (Å²) in [6.07, 6.45) is 2.27. The lowest BCUT2D eigenvalue weighted by Gasteiger charge is -2.07. The Balaban J connectivity index is 1.98. The van der Waals surface area contributed by atoms with E-state index in [1.807, 2.05) is 6.07 Å². The minimum Gasteiger partial charge on any atom is -0.309 e. The van der Waals surface area contributed by atoms with Crippen LogP contribution in [-0.4, -0.2) is 16.7 Å². The summed E-state index contributed by atoms with van der Waals surface area (Å²) in [6, 6.07) is 6.79. The van der Waals surface area contributed by atoms with Crippen LogP contribution in [0.25, 0.3) is 11.3 Å². The van der Waals surface area contributed by atoms with Gasteiger partial charge in [-0.15, -0.1) is 0 Å². The molecule has 0 spiro atoms. The highest BCUT2D eigenvalue weighted by atomic mass is 79.9. The Labute approximate surface area is 113 Å². The number of aromatic nitrogens is 2. The summed E-state index contributed by atoms with van der Waals surface area (Å²) in [4.78, 5) is 0. The number of halogens is 2. The van der Waals surface area contributed by atoms with Gasteiger partial charge < -0.3 is 5.32 Å². The van der Waals surface area contributed by atoms with Crippen molar-refractivity contribution in [2.45, 2.75) is 18.9 Å². The van der Waals surface area contributed by atoms with Gasteiger partial charge in [-0.2, -0.15) is 5.10 Å². The van der Waals surface area contributed by atoms with Crippen LogP contribution in [0.5, 0.6) is 0 Å². The van der Waals surface area contributed by atoms with E-state index < -0.39 is 0 Å². The number of aromatic amines is 1. The average Bonchev–Trinajstić information content (AvgIpc) is 2.97. The summed E-state index contributed by atoms with van der Waals surface area (Å²) in [6.45, 7) is 1.03. The molecule has 1 aliphatic heterocycles. The molecule has 0 saturated carbocycles. The maximum atomic E-state index is 13.2. The molecule has 0 aliphatic carbocycles. The molecule has 1 aromatic carbocycles. The standard InChI is InChI=1S/C13H13BrFN3/c14-11-12(8-3-1-4-9(15)7-8)17-18-13(11)10-5-2-6-16-10/h1,3-4,7,10,16H,2,5-6H2,(H,17,18). The Morgan fingerprint density at radius 1 is 1.39 bits per heavy atom. The minimum absolute atomic E-state index is 0.247. The molecule has 1 aromatic heterocycles. The number of hydrogen-bond acceptors (Lipinski definition) is 2. The van der Waals surface area contributed by atoms with E-state index in [0.29, 0.717) is 6.04 Å². The van der Waals surface area contributed by atoms with Crippen LogP contribution in [0.1, 0.15) is 24.6 Å². The number of hydrogen-bond donors (Lipinski definition) is 2. The molecule has 3 nitrogen and oxygen atoms in total. The van der Waals surface area contributed by atoms with Crippen LogP contribution in [0, 0.1) is 5.82 Å². The molecular weight excluding hydrogens is 297 g/mol. The van der Waals surface area contributed by atoms with E-state index in [-0.39, 0.29) is 5.82 Å². The van der Waals surface area contributed by atoms with E-state index in [1.165, 1.54) is 18.6 Å². The molecule has 5 heteroatoms. The highest BCUT2D eigenvalue weighted by molar-refractivity contribution is 9.10. The molecule has 1 saturated heterocycles. The van der Waals surface area contributed by atoms with Crippen LogP contribution in [0.4, 0.5) is 4.39 Å². The molecule has 2 heterocycles. The van der Waals surface area contributed by atoms with Crippen LogP contribution in [0.3, 0.4) is 0 Å². The normalized spacial score (nSPS) is 19.3. The molecule has 1 atom stereocenters. The van der Waals surface area contributed by atoms with Crippen molar-refractivity contribution in [3.05, 3.63) is 40.2 Å². The maximum Gasteiger partial charge on any atom is 0.123 e. The molecule has 0 bridgehead atoms. The minimum atomic E-state index is -0.247. The van der Waals surface area contributed by atoms with Crippen LogP contribution < -0.4 is 5.32 Å². The van der Waals surface area contributed by atoms with E-state index in [1.54, 1.807) is 6.07 Å². The zero-order valence-electron chi connectivity index (χ0n) is 9.71. The second-order valence-corrected chi connectivity index (χ2v) is 5.25. The highest BCUT2D eigenvalue weighted by Gasteiger charge is 2.23. The van der Waals surface area contributed by atoms with Crippen LogP contribution in [-0.2, 0) is 0 Å². The van der Waals surface area contributed by atoms with Gasteiger partial charge in [0.1, 0.15) is 11.5 Å². The van der Waals surface area contributed by atoms with Crippen molar-refractivity contribution in [3.63, 3.8) is 0 Å². The number of nitrogens with zero attached hydrogens (tertiary/aromatic N) is 1. The smallest absolute Gasteiger partial charge is 0.123 e. The topological polar surface area (TPSA) is 40.7 Å². The van der Waals surface area contributed by atoms with Crippen molar-refractivity contribution < 1.29 is 4.39 Å². The van der Waals surface area contributed by atoms with Crippen LogP contribution >= 0.6 is 15.9 Å². The van der Waals surface area contributed by atoms with Gasteiger partial charge in [0.25, 0.3) is 0 Å². The summed E-state index contributed by atoms with van der Waals surface area (Å²) in [5.74, 6) is -0.247. The van der Waals surface area contributed by atoms with Crippen molar-refractivity contribution in [1.82, 2.24) is 15.5 Å². The van der Waals surface area contributed by atoms with E-state index in [0.717, 1.165) is 34.4 Å². The third-order valence-corrected chi connectivity index (χ3v) is 4.04. The molecule has 94 valence electrons. The molecule has 18 heavy (non-hydrogen) atoms. The van der Waals surface area contributed by atoms with Gasteiger partial charge in [-0.3, -0.25) is 5.10 Å². The number of rotatable bonds is 2. The molecular formula is C13H13BrFN3. The van der Waals surface area contributed by atoms with Crippen molar-refractivity contribution in [2.24, 2.45) is 0 Å². The summed E-state index contributed by atoms with van der Waals surface area (Å²) in [5.41, 5.74) is 2.59. The second-order valence-electron chi connectivity index (χ2n) is 4.46. The van der Waals surface area contributed by atoms with Gasteiger partial charge >= 0.3 is 0 Å². The van der Waals surface area contributed by atoms with Crippen LogP contribution in [0.15, 0.2) is 28.7 Å². The third-order valence-electron chi connectivity index (χ3n) is 3.24. The van der Waals surface area contributed by atoms with E-state index in [2.05, 4.69) is 31.4 Å². The number of benzene rings is 1. The van der Waals surface area contributed by atoms with Crippen LogP contribution in [0.2, 0.25) is 0 Å². The van der Waals surface area contributed by atoms with E-state index in [4.69, 9.17) is 0 Å². The first-order chi connectivity index (χ1) is 8.75. The zero-order chi connectivity index (χ0) is 12.5. The average molecular weight is 310 g/mol. The highest BCUT2D eigenvalue weighted by Crippen LogP contribution is 2.34. The Bertz CT molecular complexity index is 561. The third kappa shape index (κ3) is 2.08. The number of H-pyrrole nitrogens is 1. The molecule has 0 amide bonds. The van der Waals surface area contributed by atoms with Gasteiger partial charge in [0.15, 0.2) is 0 Å². The summed E-state index contributed by atoms with van der Waals surface area (Å²) in [5, 5.41) is 10.8. The first kappa shape index (κ1) is 11.9. The Morgan fingerprint density at radius 3 is 3.00 bits per heavy atom. The Morgan fingerprint density at radius 2 is 2.28 bits per heavy atom. The number of nitrogens with one attached hydrogen (secondary N) is 2. The largest absolute Gasteiger partial charge is 0.309 e. The summed E-state index contributed by atoms with van der Waals surface area (Å²) in [7, 11) is 0. The van der Waals surface area contributed by atoms with E-state index >= 15 is 0 Å². The lowest BCUT2D eigenvalue weighted by atomic mass is 10.1. The van der Waals surface area contributed by atoms with Gasteiger partial charge in [0.2, 0.25) is 0 Å². The quantitative estimate of drug-likeness (QED) is 0.892. The zero-order valence-corrected chi connectivity index (χ0v) is 11.3. The van der Waals surface area contributed by atoms with Gasteiger partial charge in [-0.25, -0.2) is 4.39 Å². The maximum absolute atomic E-state index is 13.2. The molecule has 2 aromatic rings. The molecule has 1 aliphatic rings. The van der Waals surface area contributed by atoms with Crippen molar-refractivity contribution in [1.29, 1.82) is 0 Å². The van der Waals surface area contributed by atoms with Gasteiger partial charge in [-0.1, -0.05) is 12.1 Å². The fourth-order valence-corrected chi connectivity index (χ4v) is 3.01. The SMILES string of the molecule is Fc1cccc(-c2n[nH]c(C3CCCN3)c2Br)c1.